The predicted molar refractivity (Wildman–Crippen MR) is 88.5 cm³/mol. The molecule has 2 aliphatic rings. The van der Waals surface area contributed by atoms with Crippen LogP contribution in [0.3, 0.4) is 0 Å². The van der Waals surface area contributed by atoms with Gasteiger partial charge in [-0.2, -0.15) is 4.31 Å². The summed E-state index contributed by atoms with van der Waals surface area (Å²) in [5.41, 5.74) is 0. The largest absolute Gasteiger partial charge is 0.368 e. The van der Waals surface area contributed by atoms with E-state index in [1.54, 1.807) is 29.2 Å². The van der Waals surface area contributed by atoms with Crippen molar-refractivity contribution in [3.05, 3.63) is 28.7 Å². The fourth-order valence-corrected chi connectivity index (χ4v) is 4.92. The molecule has 1 atom stereocenters. The van der Waals surface area contributed by atoms with E-state index >= 15 is 0 Å². The monoisotopic (exact) mass is 402 g/mol. The molecule has 1 amide bonds. The van der Waals surface area contributed by atoms with Crippen molar-refractivity contribution in [2.45, 2.75) is 23.8 Å². The maximum atomic E-state index is 12.6. The summed E-state index contributed by atoms with van der Waals surface area (Å²) in [6.07, 6.45) is 1.33. The molecule has 8 heteroatoms. The molecule has 2 fully saturated rings. The van der Waals surface area contributed by atoms with Gasteiger partial charge in [0.05, 0.1) is 4.90 Å². The number of sulfonamides is 1. The van der Waals surface area contributed by atoms with Gasteiger partial charge < -0.3 is 9.64 Å². The highest BCUT2D eigenvalue weighted by atomic mass is 79.9. The molecule has 23 heavy (non-hydrogen) atoms. The number of hydrogen-bond donors (Lipinski definition) is 0. The van der Waals surface area contributed by atoms with Crippen molar-refractivity contribution in [1.82, 2.24) is 9.21 Å². The van der Waals surface area contributed by atoms with Crippen molar-refractivity contribution in [2.24, 2.45) is 0 Å². The smallest absolute Gasteiger partial charge is 0.251 e. The van der Waals surface area contributed by atoms with Crippen LogP contribution < -0.4 is 0 Å². The number of piperazine rings is 1. The third-order valence-electron chi connectivity index (χ3n) is 4.19. The summed E-state index contributed by atoms with van der Waals surface area (Å²) >= 11 is 3.30. The molecule has 126 valence electrons. The molecular formula is C15H19BrN2O4S. The lowest BCUT2D eigenvalue weighted by Gasteiger charge is -2.35. The Labute approximate surface area is 144 Å². The number of amides is 1. The van der Waals surface area contributed by atoms with Gasteiger partial charge in [-0.15, -0.1) is 0 Å². The zero-order valence-corrected chi connectivity index (χ0v) is 15.1. The second kappa shape index (κ2) is 6.88. The number of hydrogen-bond acceptors (Lipinski definition) is 4. The first-order chi connectivity index (χ1) is 11.0. The molecule has 1 aromatic carbocycles. The zero-order valence-electron chi connectivity index (χ0n) is 12.7. The number of carbonyl (C=O) groups is 1. The summed E-state index contributed by atoms with van der Waals surface area (Å²) in [6, 6.07) is 6.68. The summed E-state index contributed by atoms with van der Waals surface area (Å²) in [6.45, 7) is 2.08. The highest BCUT2D eigenvalue weighted by molar-refractivity contribution is 9.10. The van der Waals surface area contributed by atoms with Gasteiger partial charge in [-0.1, -0.05) is 22.0 Å². The first-order valence-electron chi connectivity index (χ1n) is 7.64. The third kappa shape index (κ3) is 3.60. The molecule has 2 saturated heterocycles. The van der Waals surface area contributed by atoms with Crippen LogP contribution in [-0.2, 0) is 19.6 Å². The number of ether oxygens (including phenoxy) is 1. The topological polar surface area (TPSA) is 66.9 Å². The van der Waals surface area contributed by atoms with E-state index < -0.39 is 10.0 Å². The van der Waals surface area contributed by atoms with E-state index in [1.165, 1.54) is 4.31 Å². The summed E-state index contributed by atoms with van der Waals surface area (Å²) < 4.78 is 32.9. The molecule has 0 spiro atoms. The maximum absolute atomic E-state index is 12.6. The molecule has 0 bridgehead atoms. The van der Waals surface area contributed by atoms with Crippen molar-refractivity contribution in [3.63, 3.8) is 0 Å². The van der Waals surface area contributed by atoms with Crippen molar-refractivity contribution >= 4 is 31.9 Å². The summed E-state index contributed by atoms with van der Waals surface area (Å²) in [7, 11) is -3.52. The number of benzene rings is 1. The second-order valence-corrected chi connectivity index (χ2v) is 8.54. The van der Waals surface area contributed by atoms with Crippen molar-refractivity contribution in [2.75, 3.05) is 32.8 Å². The predicted octanol–water partition coefficient (Wildman–Crippen LogP) is 1.46. The normalized spacial score (nSPS) is 23.2. The van der Waals surface area contributed by atoms with Gasteiger partial charge in [0.25, 0.3) is 5.91 Å². The highest BCUT2D eigenvalue weighted by Gasteiger charge is 2.33. The molecule has 2 aliphatic heterocycles. The number of nitrogens with zero attached hydrogens (tertiary/aromatic N) is 2. The summed E-state index contributed by atoms with van der Waals surface area (Å²) in [4.78, 5) is 14.3. The summed E-state index contributed by atoms with van der Waals surface area (Å²) in [5, 5.41) is 0. The number of rotatable bonds is 3. The minimum atomic E-state index is -3.52. The number of carbonyl (C=O) groups excluding carboxylic acids is 1. The van der Waals surface area contributed by atoms with E-state index in [0.29, 0.717) is 32.8 Å². The van der Waals surface area contributed by atoms with E-state index in [9.17, 15) is 13.2 Å². The average molecular weight is 403 g/mol. The molecule has 0 N–H and O–H groups in total. The molecule has 6 nitrogen and oxygen atoms in total. The van der Waals surface area contributed by atoms with Crippen LogP contribution in [0.5, 0.6) is 0 Å². The molecule has 0 aromatic heterocycles. The Bertz CT molecular complexity index is 680. The van der Waals surface area contributed by atoms with Crippen molar-refractivity contribution < 1.29 is 17.9 Å². The standard InChI is InChI=1S/C15H19BrN2O4S/c16-12-3-1-4-13(11-12)23(20,21)18-8-6-17(7-9-18)15(19)14-5-2-10-22-14/h1,3-4,11,14H,2,5-10H2/t14-/m0/s1. The van der Waals surface area contributed by atoms with Crippen LogP contribution >= 0.6 is 15.9 Å². The lowest BCUT2D eigenvalue weighted by molar-refractivity contribution is -0.142. The van der Waals surface area contributed by atoms with Crippen LogP contribution in [0.1, 0.15) is 12.8 Å². The first kappa shape index (κ1) is 16.9. The molecule has 3 rings (SSSR count). The number of halogens is 1. The maximum Gasteiger partial charge on any atom is 0.251 e. The Hall–Kier alpha value is -0.960. The fourth-order valence-electron chi connectivity index (χ4n) is 2.90. The molecular weight excluding hydrogens is 384 g/mol. The molecule has 2 heterocycles. The lowest BCUT2D eigenvalue weighted by Crippen LogP contribution is -2.52. The van der Waals surface area contributed by atoms with Gasteiger partial charge in [-0.05, 0) is 31.0 Å². The Kier molecular flexibility index (Phi) is 5.05. The Morgan fingerprint density at radius 1 is 1.22 bits per heavy atom. The minimum absolute atomic E-state index is 0.0120. The van der Waals surface area contributed by atoms with Gasteiger partial charge in [-0.3, -0.25) is 4.79 Å². The van der Waals surface area contributed by atoms with E-state index in [-0.39, 0.29) is 16.9 Å². The molecule has 0 unspecified atom stereocenters. The molecule has 0 radical (unpaired) electrons. The Morgan fingerprint density at radius 2 is 1.96 bits per heavy atom. The summed E-state index contributed by atoms with van der Waals surface area (Å²) in [5.74, 6) is -0.0120. The van der Waals surface area contributed by atoms with Crippen LogP contribution in [0.15, 0.2) is 33.6 Å². The van der Waals surface area contributed by atoms with Gasteiger partial charge >= 0.3 is 0 Å². The van der Waals surface area contributed by atoms with Crippen molar-refractivity contribution in [1.29, 1.82) is 0 Å². The second-order valence-electron chi connectivity index (χ2n) is 5.69. The van der Waals surface area contributed by atoms with E-state index in [4.69, 9.17) is 4.74 Å². The van der Waals surface area contributed by atoms with Crippen LogP contribution in [0, 0.1) is 0 Å². The van der Waals surface area contributed by atoms with Crippen LogP contribution in [-0.4, -0.2) is 62.4 Å². The third-order valence-corrected chi connectivity index (χ3v) is 6.58. The van der Waals surface area contributed by atoms with Crippen LogP contribution in [0.4, 0.5) is 0 Å². The van der Waals surface area contributed by atoms with Gasteiger partial charge in [0, 0.05) is 37.3 Å². The van der Waals surface area contributed by atoms with Gasteiger partial charge in [0.15, 0.2) is 0 Å². The van der Waals surface area contributed by atoms with E-state index in [2.05, 4.69) is 15.9 Å². The lowest BCUT2D eigenvalue weighted by atomic mass is 10.2. The quantitative estimate of drug-likeness (QED) is 0.767. The SMILES string of the molecule is O=C([C@@H]1CCCO1)N1CCN(S(=O)(=O)c2cccc(Br)c2)CC1. The van der Waals surface area contributed by atoms with Crippen LogP contribution in [0.25, 0.3) is 0 Å². The van der Waals surface area contributed by atoms with Gasteiger partial charge in [0.2, 0.25) is 10.0 Å². The average Bonchev–Trinajstić information content (AvgIpc) is 3.09. The minimum Gasteiger partial charge on any atom is -0.368 e. The van der Waals surface area contributed by atoms with Gasteiger partial charge in [0.1, 0.15) is 6.10 Å². The Balaban J connectivity index is 1.65. The van der Waals surface area contributed by atoms with E-state index in [0.717, 1.165) is 17.3 Å². The zero-order chi connectivity index (χ0) is 16.4. The first-order valence-corrected chi connectivity index (χ1v) is 9.88. The Morgan fingerprint density at radius 3 is 2.57 bits per heavy atom. The van der Waals surface area contributed by atoms with Crippen molar-refractivity contribution in [3.8, 4) is 0 Å². The van der Waals surface area contributed by atoms with E-state index in [1.807, 2.05) is 0 Å². The molecule has 0 aliphatic carbocycles. The molecule has 0 saturated carbocycles. The fraction of sp³-hybridized carbons (Fsp3) is 0.533. The highest BCUT2D eigenvalue weighted by Crippen LogP contribution is 2.22. The van der Waals surface area contributed by atoms with Gasteiger partial charge in [-0.25, -0.2) is 8.42 Å². The molecule has 1 aromatic rings. The van der Waals surface area contributed by atoms with Crippen LogP contribution in [0.2, 0.25) is 0 Å².